The second kappa shape index (κ2) is 21.9. The average Bonchev–Trinajstić information content (AvgIpc) is 2.63. The molecule has 2 N–H and O–H groups in total. The van der Waals surface area contributed by atoms with Crippen molar-refractivity contribution in [3.05, 3.63) is 0 Å². The summed E-state index contributed by atoms with van der Waals surface area (Å²) in [5.41, 5.74) is 0. The maximum atomic E-state index is 8.96. The van der Waals surface area contributed by atoms with Crippen LogP contribution >= 0.6 is 0 Å². The highest BCUT2D eigenvalue weighted by Crippen LogP contribution is 2.13. The largest absolute Gasteiger partial charge is 0.396 e. The number of hydrogen-bond acceptors (Lipinski definition) is 3. The van der Waals surface area contributed by atoms with Gasteiger partial charge in [0.1, 0.15) is 0 Å². The summed E-state index contributed by atoms with van der Waals surface area (Å²) in [5, 5.41) is 17.9. The molecule has 0 aromatic rings. The standard InChI is InChI=1S/C22H47NO2/c1-2-3-4-5-6-7-8-9-10-11-12-13-14-15-18-23(19-16-21-24)20-17-22-25/h24-25H,2-22H2,1H3. The Morgan fingerprint density at radius 3 is 1.12 bits per heavy atom. The molecule has 0 heterocycles. The van der Waals surface area contributed by atoms with Gasteiger partial charge < -0.3 is 15.1 Å². The van der Waals surface area contributed by atoms with Gasteiger partial charge in [-0.15, -0.1) is 0 Å². The molecule has 0 aromatic carbocycles. The van der Waals surface area contributed by atoms with E-state index in [4.69, 9.17) is 10.2 Å². The Hall–Kier alpha value is -0.120. The van der Waals surface area contributed by atoms with Crippen molar-refractivity contribution in [2.24, 2.45) is 0 Å². The first-order valence-electron chi connectivity index (χ1n) is 11.3. The zero-order chi connectivity index (χ0) is 18.4. The van der Waals surface area contributed by atoms with Gasteiger partial charge in [0.25, 0.3) is 0 Å². The van der Waals surface area contributed by atoms with Crippen LogP contribution in [0.2, 0.25) is 0 Å². The number of rotatable bonds is 21. The Bertz CT molecular complexity index is 228. The summed E-state index contributed by atoms with van der Waals surface area (Å²) in [4.78, 5) is 2.40. The summed E-state index contributed by atoms with van der Waals surface area (Å²) in [5.74, 6) is 0. The fourth-order valence-corrected chi connectivity index (χ4v) is 3.45. The Morgan fingerprint density at radius 1 is 0.440 bits per heavy atom. The van der Waals surface area contributed by atoms with Gasteiger partial charge in [0.15, 0.2) is 0 Å². The van der Waals surface area contributed by atoms with Crippen molar-refractivity contribution in [2.45, 2.75) is 110 Å². The van der Waals surface area contributed by atoms with Gasteiger partial charge in [-0.1, -0.05) is 90.4 Å². The van der Waals surface area contributed by atoms with E-state index in [1.54, 1.807) is 0 Å². The molecule has 0 rings (SSSR count). The molecule has 0 radical (unpaired) electrons. The van der Waals surface area contributed by atoms with Crippen molar-refractivity contribution >= 4 is 0 Å². The molecule has 0 aliphatic heterocycles. The second-order valence-corrected chi connectivity index (χ2v) is 7.59. The fraction of sp³-hybridized carbons (Fsp3) is 1.00. The van der Waals surface area contributed by atoms with Crippen LogP contribution in [0.25, 0.3) is 0 Å². The third-order valence-corrected chi connectivity index (χ3v) is 5.09. The zero-order valence-electron chi connectivity index (χ0n) is 17.2. The van der Waals surface area contributed by atoms with E-state index >= 15 is 0 Å². The van der Waals surface area contributed by atoms with Gasteiger partial charge in [-0.2, -0.15) is 0 Å². The first-order chi connectivity index (χ1) is 12.3. The third-order valence-electron chi connectivity index (χ3n) is 5.09. The summed E-state index contributed by atoms with van der Waals surface area (Å²) >= 11 is 0. The SMILES string of the molecule is CCCCCCCCCCCCCCCCN(CCCO)CCCO. The molecule has 0 spiro atoms. The first kappa shape index (κ1) is 24.9. The predicted molar refractivity (Wildman–Crippen MR) is 110 cm³/mol. The van der Waals surface area contributed by atoms with Gasteiger partial charge >= 0.3 is 0 Å². The molecule has 0 aliphatic rings. The highest BCUT2D eigenvalue weighted by Gasteiger charge is 2.03. The third kappa shape index (κ3) is 20.0. The molecule has 0 atom stereocenters. The maximum absolute atomic E-state index is 8.96. The Kier molecular flexibility index (Phi) is 21.8. The Morgan fingerprint density at radius 2 is 0.760 bits per heavy atom. The molecule has 152 valence electrons. The number of hydrogen-bond donors (Lipinski definition) is 2. The van der Waals surface area contributed by atoms with Crippen molar-refractivity contribution in [1.29, 1.82) is 0 Å². The van der Waals surface area contributed by atoms with E-state index in [2.05, 4.69) is 11.8 Å². The molecule has 0 aliphatic carbocycles. The van der Waals surface area contributed by atoms with Crippen LogP contribution in [0.15, 0.2) is 0 Å². The number of nitrogens with zero attached hydrogens (tertiary/aromatic N) is 1. The van der Waals surface area contributed by atoms with E-state index in [-0.39, 0.29) is 13.2 Å². The van der Waals surface area contributed by atoms with Crippen LogP contribution in [-0.2, 0) is 0 Å². The first-order valence-corrected chi connectivity index (χ1v) is 11.3. The van der Waals surface area contributed by atoms with Gasteiger partial charge in [-0.05, 0) is 25.8 Å². The number of aliphatic hydroxyl groups is 2. The molecular formula is C22H47NO2. The zero-order valence-corrected chi connectivity index (χ0v) is 17.2. The predicted octanol–water partition coefficient (Wildman–Crippen LogP) is 5.53. The fourth-order valence-electron chi connectivity index (χ4n) is 3.45. The molecule has 0 bridgehead atoms. The van der Waals surface area contributed by atoms with E-state index in [1.165, 1.54) is 89.9 Å². The normalized spacial score (nSPS) is 11.5. The van der Waals surface area contributed by atoms with E-state index in [9.17, 15) is 0 Å². The van der Waals surface area contributed by atoms with Crippen LogP contribution < -0.4 is 0 Å². The van der Waals surface area contributed by atoms with E-state index in [1.807, 2.05) is 0 Å². The lowest BCUT2D eigenvalue weighted by molar-refractivity contribution is 0.199. The molecule has 0 amide bonds. The van der Waals surface area contributed by atoms with E-state index < -0.39 is 0 Å². The Labute approximate surface area is 158 Å². The van der Waals surface area contributed by atoms with Gasteiger partial charge in [0.2, 0.25) is 0 Å². The minimum atomic E-state index is 0.272. The smallest absolute Gasteiger partial charge is 0.0443 e. The van der Waals surface area contributed by atoms with Crippen molar-refractivity contribution in [3.8, 4) is 0 Å². The molecule has 0 fully saturated rings. The van der Waals surface area contributed by atoms with Crippen molar-refractivity contribution in [3.63, 3.8) is 0 Å². The highest BCUT2D eigenvalue weighted by molar-refractivity contribution is 4.59. The van der Waals surface area contributed by atoms with Gasteiger partial charge in [-0.25, -0.2) is 0 Å². The number of aliphatic hydroxyl groups excluding tert-OH is 2. The summed E-state index contributed by atoms with van der Waals surface area (Å²) in [6, 6.07) is 0. The molecule has 0 saturated carbocycles. The summed E-state index contributed by atoms with van der Waals surface area (Å²) in [7, 11) is 0. The minimum Gasteiger partial charge on any atom is -0.396 e. The average molecular weight is 358 g/mol. The number of unbranched alkanes of at least 4 members (excludes halogenated alkanes) is 13. The van der Waals surface area contributed by atoms with Crippen LogP contribution in [0.1, 0.15) is 110 Å². The highest BCUT2D eigenvalue weighted by atomic mass is 16.3. The lowest BCUT2D eigenvalue weighted by atomic mass is 10.0. The molecule has 0 saturated heterocycles. The van der Waals surface area contributed by atoms with Crippen LogP contribution in [0, 0.1) is 0 Å². The second-order valence-electron chi connectivity index (χ2n) is 7.59. The molecule has 0 unspecified atom stereocenters. The summed E-state index contributed by atoms with van der Waals surface area (Å²) in [6.07, 6.45) is 21.3. The Balaban J connectivity index is 3.27. The minimum absolute atomic E-state index is 0.272. The van der Waals surface area contributed by atoms with Gasteiger partial charge in [0, 0.05) is 26.3 Å². The maximum Gasteiger partial charge on any atom is 0.0443 e. The van der Waals surface area contributed by atoms with Crippen LogP contribution in [0.5, 0.6) is 0 Å². The van der Waals surface area contributed by atoms with Crippen molar-refractivity contribution in [2.75, 3.05) is 32.8 Å². The quantitative estimate of drug-likeness (QED) is 0.265. The summed E-state index contributed by atoms with van der Waals surface area (Å²) < 4.78 is 0. The summed E-state index contributed by atoms with van der Waals surface area (Å²) in [6.45, 7) is 5.88. The van der Waals surface area contributed by atoms with Crippen LogP contribution in [0.4, 0.5) is 0 Å². The molecule has 3 heteroatoms. The van der Waals surface area contributed by atoms with Crippen molar-refractivity contribution < 1.29 is 10.2 Å². The van der Waals surface area contributed by atoms with E-state index in [0.29, 0.717) is 0 Å². The topological polar surface area (TPSA) is 43.7 Å². The van der Waals surface area contributed by atoms with Crippen LogP contribution in [-0.4, -0.2) is 48.0 Å². The lowest BCUT2D eigenvalue weighted by Gasteiger charge is -2.21. The molecular weight excluding hydrogens is 310 g/mol. The van der Waals surface area contributed by atoms with Crippen LogP contribution in [0.3, 0.4) is 0 Å². The molecule has 25 heavy (non-hydrogen) atoms. The molecule has 0 aromatic heterocycles. The van der Waals surface area contributed by atoms with E-state index in [0.717, 1.165) is 32.5 Å². The van der Waals surface area contributed by atoms with Crippen molar-refractivity contribution in [1.82, 2.24) is 4.90 Å². The van der Waals surface area contributed by atoms with Gasteiger partial charge in [0.05, 0.1) is 0 Å². The lowest BCUT2D eigenvalue weighted by Crippen LogP contribution is -2.28. The van der Waals surface area contributed by atoms with Gasteiger partial charge in [-0.3, -0.25) is 0 Å². The monoisotopic (exact) mass is 357 g/mol. The molecule has 3 nitrogen and oxygen atoms in total.